The number of rotatable bonds is 6. The Labute approximate surface area is 166 Å². The Balaban J connectivity index is 1.59. The average Bonchev–Trinajstić information content (AvgIpc) is 3.11. The molecule has 0 bridgehead atoms. The third-order valence-electron chi connectivity index (χ3n) is 4.26. The maximum atomic E-state index is 11.1. The molecule has 28 heavy (non-hydrogen) atoms. The SMILES string of the molecule is CC(=O)CCc1ccc(Oc2ccc3nnc(-c4ccccc4Cl)n3n2)cc1. The summed E-state index contributed by atoms with van der Waals surface area (Å²) in [5.41, 5.74) is 2.43. The van der Waals surface area contributed by atoms with Crippen LogP contribution < -0.4 is 4.74 Å². The molecule has 0 N–H and O–H groups in total. The smallest absolute Gasteiger partial charge is 0.237 e. The lowest BCUT2D eigenvalue weighted by Crippen LogP contribution is -1.98. The van der Waals surface area contributed by atoms with Gasteiger partial charge in [-0.2, -0.15) is 4.52 Å². The van der Waals surface area contributed by atoms with Gasteiger partial charge < -0.3 is 9.53 Å². The number of hydrogen-bond acceptors (Lipinski definition) is 5. The lowest BCUT2D eigenvalue weighted by molar-refractivity contribution is -0.116. The number of Topliss-reactive ketones (excluding diaryl/α,β-unsaturated/α-hetero) is 1. The average molecular weight is 393 g/mol. The van der Waals surface area contributed by atoms with E-state index in [9.17, 15) is 4.79 Å². The van der Waals surface area contributed by atoms with Crippen LogP contribution in [0.1, 0.15) is 18.9 Å². The molecular formula is C21H17ClN4O2. The van der Waals surface area contributed by atoms with Crippen molar-refractivity contribution >= 4 is 23.0 Å². The van der Waals surface area contributed by atoms with Crippen molar-refractivity contribution in [3.63, 3.8) is 0 Å². The summed E-state index contributed by atoms with van der Waals surface area (Å²) in [5.74, 6) is 1.80. The first kappa shape index (κ1) is 18.1. The van der Waals surface area contributed by atoms with Crippen LogP contribution in [0.25, 0.3) is 17.0 Å². The molecular weight excluding hydrogens is 376 g/mol. The summed E-state index contributed by atoms with van der Waals surface area (Å²) in [5, 5.41) is 13.4. The predicted octanol–water partition coefficient (Wildman–Crippen LogP) is 4.76. The van der Waals surface area contributed by atoms with Gasteiger partial charge in [0, 0.05) is 18.1 Å². The molecule has 2 aromatic heterocycles. The maximum Gasteiger partial charge on any atom is 0.237 e. The standard InChI is InChI=1S/C21H17ClN4O2/c1-14(27)6-7-15-8-10-16(11-9-15)28-20-13-12-19-23-24-21(26(19)25-20)17-4-2-3-5-18(17)22/h2-5,8-13H,6-7H2,1H3. The number of hydrogen-bond donors (Lipinski definition) is 0. The summed E-state index contributed by atoms with van der Waals surface area (Å²) in [6, 6.07) is 18.6. The van der Waals surface area contributed by atoms with E-state index in [0.29, 0.717) is 34.5 Å². The molecule has 2 heterocycles. The Morgan fingerprint density at radius 2 is 1.82 bits per heavy atom. The monoisotopic (exact) mass is 392 g/mol. The van der Waals surface area contributed by atoms with Crippen LogP contribution in [0.5, 0.6) is 11.6 Å². The van der Waals surface area contributed by atoms with E-state index in [4.69, 9.17) is 16.3 Å². The van der Waals surface area contributed by atoms with Crippen LogP contribution >= 0.6 is 11.6 Å². The Morgan fingerprint density at radius 3 is 2.57 bits per heavy atom. The molecule has 7 heteroatoms. The number of aryl methyl sites for hydroxylation is 1. The predicted molar refractivity (Wildman–Crippen MR) is 107 cm³/mol. The first-order valence-electron chi connectivity index (χ1n) is 8.84. The molecule has 0 saturated carbocycles. The van der Waals surface area contributed by atoms with Gasteiger partial charge in [0.1, 0.15) is 11.5 Å². The van der Waals surface area contributed by atoms with Crippen molar-refractivity contribution in [1.82, 2.24) is 19.8 Å². The summed E-state index contributed by atoms with van der Waals surface area (Å²) in [6.07, 6.45) is 1.26. The number of carbonyl (C=O) groups excluding carboxylic acids is 1. The van der Waals surface area contributed by atoms with E-state index in [0.717, 1.165) is 17.5 Å². The maximum absolute atomic E-state index is 11.1. The number of nitrogens with zero attached hydrogens (tertiary/aromatic N) is 4. The largest absolute Gasteiger partial charge is 0.438 e. The van der Waals surface area contributed by atoms with Crippen molar-refractivity contribution in [2.75, 3.05) is 0 Å². The van der Waals surface area contributed by atoms with E-state index in [1.807, 2.05) is 42.5 Å². The number of aromatic nitrogens is 4. The molecule has 140 valence electrons. The molecule has 6 nitrogen and oxygen atoms in total. The second-order valence-electron chi connectivity index (χ2n) is 6.39. The number of ketones is 1. The van der Waals surface area contributed by atoms with Gasteiger partial charge in [-0.15, -0.1) is 15.3 Å². The second kappa shape index (κ2) is 7.78. The van der Waals surface area contributed by atoms with Crippen molar-refractivity contribution in [1.29, 1.82) is 0 Å². The number of fused-ring (bicyclic) bond motifs is 1. The summed E-state index contributed by atoms with van der Waals surface area (Å²) < 4.78 is 7.48. The highest BCUT2D eigenvalue weighted by Gasteiger charge is 2.13. The van der Waals surface area contributed by atoms with Crippen LogP contribution in [-0.4, -0.2) is 25.6 Å². The van der Waals surface area contributed by atoms with Gasteiger partial charge in [-0.25, -0.2) is 0 Å². The zero-order valence-electron chi connectivity index (χ0n) is 15.2. The zero-order valence-corrected chi connectivity index (χ0v) is 15.9. The third-order valence-corrected chi connectivity index (χ3v) is 4.59. The molecule has 0 aliphatic heterocycles. The van der Waals surface area contributed by atoms with Gasteiger partial charge in [0.2, 0.25) is 5.88 Å². The minimum absolute atomic E-state index is 0.182. The van der Waals surface area contributed by atoms with E-state index in [-0.39, 0.29) is 5.78 Å². The highest BCUT2D eigenvalue weighted by Crippen LogP contribution is 2.27. The van der Waals surface area contributed by atoms with Crippen LogP contribution in [0.15, 0.2) is 60.7 Å². The molecule has 0 fully saturated rings. The fourth-order valence-corrected chi connectivity index (χ4v) is 3.02. The van der Waals surface area contributed by atoms with E-state index >= 15 is 0 Å². The van der Waals surface area contributed by atoms with Crippen molar-refractivity contribution in [3.05, 3.63) is 71.2 Å². The second-order valence-corrected chi connectivity index (χ2v) is 6.80. The number of benzene rings is 2. The Kier molecular flexibility index (Phi) is 5.04. The van der Waals surface area contributed by atoms with Crippen molar-refractivity contribution in [2.45, 2.75) is 19.8 Å². The zero-order chi connectivity index (χ0) is 19.5. The van der Waals surface area contributed by atoms with E-state index in [1.54, 1.807) is 29.6 Å². The molecule has 0 unspecified atom stereocenters. The molecule has 0 aliphatic carbocycles. The lowest BCUT2D eigenvalue weighted by Gasteiger charge is -2.07. The first-order valence-corrected chi connectivity index (χ1v) is 9.21. The lowest BCUT2D eigenvalue weighted by atomic mass is 10.1. The Morgan fingerprint density at radius 1 is 1.04 bits per heavy atom. The highest BCUT2D eigenvalue weighted by molar-refractivity contribution is 6.33. The fraction of sp³-hybridized carbons (Fsp3) is 0.143. The summed E-state index contributed by atoms with van der Waals surface area (Å²) in [4.78, 5) is 11.1. The molecule has 0 atom stereocenters. The van der Waals surface area contributed by atoms with Gasteiger partial charge >= 0.3 is 0 Å². The van der Waals surface area contributed by atoms with Crippen LogP contribution in [0, 0.1) is 0 Å². The topological polar surface area (TPSA) is 69.4 Å². The van der Waals surface area contributed by atoms with Crippen LogP contribution in [-0.2, 0) is 11.2 Å². The van der Waals surface area contributed by atoms with Crippen molar-refractivity contribution < 1.29 is 9.53 Å². The summed E-state index contributed by atoms with van der Waals surface area (Å²) in [7, 11) is 0. The van der Waals surface area contributed by atoms with Gasteiger partial charge in [-0.3, -0.25) is 0 Å². The van der Waals surface area contributed by atoms with Gasteiger partial charge in [0.25, 0.3) is 0 Å². The molecule has 4 rings (SSSR count). The quantitative estimate of drug-likeness (QED) is 0.473. The Bertz CT molecular complexity index is 1140. The number of ether oxygens (including phenoxy) is 1. The minimum atomic E-state index is 0.182. The first-order chi connectivity index (χ1) is 13.6. The number of carbonyl (C=O) groups is 1. The van der Waals surface area contributed by atoms with Crippen molar-refractivity contribution in [3.8, 4) is 23.0 Å². The molecule has 4 aromatic rings. The summed E-state index contributed by atoms with van der Waals surface area (Å²) >= 11 is 6.28. The molecule has 0 radical (unpaired) electrons. The van der Waals surface area contributed by atoms with E-state index < -0.39 is 0 Å². The molecule has 0 saturated heterocycles. The molecule has 0 aliphatic rings. The van der Waals surface area contributed by atoms with Gasteiger partial charge in [-0.05, 0) is 49.2 Å². The third kappa shape index (κ3) is 3.87. The normalized spacial score (nSPS) is 10.9. The van der Waals surface area contributed by atoms with Crippen LogP contribution in [0.3, 0.4) is 0 Å². The molecule has 0 amide bonds. The van der Waals surface area contributed by atoms with Gasteiger partial charge in [0.05, 0.1) is 5.02 Å². The molecule has 0 spiro atoms. The fourth-order valence-electron chi connectivity index (χ4n) is 2.80. The van der Waals surface area contributed by atoms with Gasteiger partial charge in [-0.1, -0.05) is 35.9 Å². The number of halogens is 1. The molecule has 2 aromatic carbocycles. The van der Waals surface area contributed by atoms with E-state index in [2.05, 4.69) is 15.3 Å². The summed E-state index contributed by atoms with van der Waals surface area (Å²) in [6.45, 7) is 1.60. The highest BCUT2D eigenvalue weighted by atomic mass is 35.5. The van der Waals surface area contributed by atoms with Crippen LogP contribution in [0.2, 0.25) is 5.02 Å². The minimum Gasteiger partial charge on any atom is -0.438 e. The van der Waals surface area contributed by atoms with E-state index in [1.165, 1.54) is 0 Å². The van der Waals surface area contributed by atoms with Crippen molar-refractivity contribution in [2.24, 2.45) is 0 Å². The van der Waals surface area contributed by atoms with Crippen LogP contribution in [0.4, 0.5) is 0 Å². The Hall–Kier alpha value is -3.25. The van der Waals surface area contributed by atoms with Gasteiger partial charge in [0.15, 0.2) is 11.5 Å².